The summed E-state index contributed by atoms with van der Waals surface area (Å²) in [5.41, 5.74) is 1.05. The molecule has 2 amide bonds. The van der Waals surface area contributed by atoms with Gasteiger partial charge in [-0.2, -0.15) is 0 Å². The monoisotopic (exact) mass is 370 g/mol. The van der Waals surface area contributed by atoms with Gasteiger partial charge in [0.25, 0.3) is 11.8 Å². The fraction of sp³-hybridized carbons (Fsp3) is 0.333. The number of hydrogen-bond acceptors (Lipinski definition) is 4. The summed E-state index contributed by atoms with van der Waals surface area (Å²) < 4.78 is 10.7. The van der Waals surface area contributed by atoms with Crippen LogP contribution in [0.2, 0.25) is 0 Å². The molecular formula is C21H26N2O4. The molecule has 2 rings (SSSR count). The predicted octanol–water partition coefficient (Wildman–Crippen LogP) is 3.03. The summed E-state index contributed by atoms with van der Waals surface area (Å²) in [6.45, 7) is 3.47. The Morgan fingerprint density at radius 3 is 1.85 bits per heavy atom. The number of unbranched alkanes of at least 4 members (excludes halogenated alkanes) is 1. The Hall–Kier alpha value is -3.02. The number of amides is 2. The Morgan fingerprint density at radius 1 is 0.815 bits per heavy atom. The second-order valence-electron chi connectivity index (χ2n) is 5.97. The third-order valence-corrected chi connectivity index (χ3v) is 3.94. The molecule has 0 aliphatic heterocycles. The van der Waals surface area contributed by atoms with Crippen LogP contribution in [0.3, 0.4) is 0 Å². The van der Waals surface area contributed by atoms with E-state index in [-0.39, 0.29) is 11.8 Å². The van der Waals surface area contributed by atoms with Crippen molar-refractivity contribution in [1.82, 2.24) is 10.6 Å². The second kappa shape index (κ2) is 10.9. The Labute approximate surface area is 159 Å². The normalized spacial score (nSPS) is 10.1. The molecule has 6 nitrogen and oxygen atoms in total. The SMILES string of the molecule is CCCCNC(=O)c1ccc(C(=O)NCCOc2ccc(OC)cc2)cc1. The fourth-order valence-electron chi connectivity index (χ4n) is 2.36. The van der Waals surface area contributed by atoms with Crippen molar-refractivity contribution in [2.75, 3.05) is 26.8 Å². The summed E-state index contributed by atoms with van der Waals surface area (Å²) >= 11 is 0. The zero-order valence-electron chi connectivity index (χ0n) is 15.8. The Kier molecular flexibility index (Phi) is 8.16. The highest BCUT2D eigenvalue weighted by Gasteiger charge is 2.08. The molecule has 0 heterocycles. The lowest BCUT2D eigenvalue weighted by molar-refractivity contribution is 0.0938. The van der Waals surface area contributed by atoms with E-state index in [1.165, 1.54) is 0 Å². The van der Waals surface area contributed by atoms with Crippen molar-refractivity contribution in [3.63, 3.8) is 0 Å². The Balaban J connectivity index is 1.74. The molecule has 2 aromatic carbocycles. The number of carbonyl (C=O) groups is 2. The lowest BCUT2D eigenvalue weighted by Gasteiger charge is -2.09. The van der Waals surface area contributed by atoms with Gasteiger partial charge in [-0.3, -0.25) is 9.59 Å². The smallest absolute Gasteiger partial charge is 0.251 e. The molecule has 144 valence electrons. The van der Waals surface area contributed by atoms with Crippen LogP contribution in [0.15, 0.2) is 48.5 Å². The van der Waals surface area contributed by atoms with E-state index < -0.39 is 0 Å². The average Bonchev–Trinajstić information content (AvgIpc) is 2.71. The molecule has 0 aliphatic rings. The van der Waals surface area contributed by atoms with Crippen LogP contribution < -0.4 is 20.1 Å². The molecule has 0 fully saturated rings. The number of benzene rings is 2. The first-order chi connectivity index (χ1) is 13.1. The van der Waals surface area contributed by atoms with E-state index in [4.69, 9.17) is 9.47 Å². The second-order valence-corrected chi connectivity index (χ2v) is 5.97. The molecule has 0 unspecified atom stereocenters. The zero-order chi connectivity index (χ0) is 19.5. The van der Waals surface area contributed by atoms with E-state index in [0.29, 0.717) is 36.6 Å². The summed E-state index contributed by atoms with van der Waals surface area (Å²) in [5, 5.41) is 5.64. The van der Waals surface area contributed by atoms with Crippen LogP contribution in [-0.2, 0) is 0 Å². The summed E-state index contributed by atoms with van der Waals surface area (Å²) in [6.07, 6.45) is 1.98. The number of nitrogens with one attached hydrogen (secondary N) is 2. The maximum atomic E-state index is 12.1. The summed E-state index contributed by atoms with van der Waals surface area (Å²) in [7, 11) is 1.61. The number of rotatable bonds is 10. The van der Waals surface area contributed by atoms with Crippen LogP contribution in [0, 0.1) is 0 Å². The molecule has 2 N–H and O–H groups in total. The Bertz CT molecular complexity index is 727. The van der Waals surface area contributed by atoms with Gasteiger partial charge >= 0.3 is 0 Å². The fourth-order valence-corrected chi connectivity index (χ4v) is 2.36. The van der Waals surface area contributed by atoms with E-state index in [1.807, 2.05) is 24.3 Å². The third kappa shape index (κ3) is 6.66. The minimum atomic E-state index is -0.203. The predicted molar refractivity (Wildman–Crippen MR) is 105 cm³/mol. The van der Waals surface area contributed by atoms with Gasteiger partial charge in [0.2, 0.25) is 0 Å². The van der Waals surface area contributed by atoms with Crippen molar-refractivity contribution in [3.8, 4) is 11.5 Å². The van der Waals surface area contributed by atoms with Gasteiger partial charge in [0.05, 0.1) is 13.7 Å². The first kappa shape index (κ1) is 20.3. The quantitative estimate of drug-likeness (QED) is 0.630. The van der Waals surface area contributed by atoms with Crippen LogP contribution >= 0.6 is 0 Å². The summed E-state index contributed by atoms with van der Waals surface area (Å²) in [4.78, 5) is 24.1. The van der Waals surface area contributed by atoms with E-state index >= 15 is 0 Å². The van der Waals surface area contributed by atoms with Gasteiger partial charge in [-0.05, 0) is 55.0 Å². The summed E-state index contributed by atoms with van der Waals surface area (Å²) in [6, 6.07) is 13.9. The Morgan fingerprint density at radius 2 is 1.33 bits per heavy atom. The first-order valence-corrected chi connectivity index (χ1v) is 9.07. The standard InChI is InChI=1S/C21H26N2O4/c1-3-4-13-22-20(24)16-5-7-17(8-6-16)21(25)23-14-15-27-19-11-9-18(26-2)10-12-19/h5-12H,3-4,13-15H2,1-2H3,(H,22,24)(H,23,25). The first-order valence-electron chi connectivity index (χ1n) is 9.07. The van der Waals surface area contributed by atoms with Crippen molar-refractivity contribution in [2.24, 2.45) is 0 Å². The number of carbonyl (C=O) groups excluding carboxylic acids is 2. The van der Waals surface area contributed by atoms with Crippen molar-refractivity contribution in [1.29, 1.82) is 0 Å². The average molecular weight is 370 g/mol. The zero-order valence-corrected chi connectivity index (χ0v) is 15.8. The van der Waals surface area contributed by atoms with Crippen LogP contribution in [0.5, 0.6) is 11.5 Å². The van der Waals surface area contributed by atoms with Crippen LogP contribution in [0.1, 0.15) is 40.5 Å². The van der Waals surface area contributed by atoms with Gasteiger partial charge in [-0.1, -0.05) is 13.3 Å². The lowest BCUT2D eigenvalue weighted by atomic mass is 10.1. The van der Waals surface area contributed by atoms with Gasteiger partial charge < -0.3 is 20.1 Å². The highest BCUT2D eigenvalue weighted by atomic mass is 16.5. The molecule has 0 aromatic heterocycles. The van der Waals surface area contributed by atoms with Gasteiger partial charge in [-0.25, -0.2) is 0 Å². The molecule has 0 aliphatic carbocycles. The van der Waals surface area contributed by atoms with Gasteiger partial charge in [0.1, 0.15) is 18.1 Å². The van der Waals surface area contributed by atoms with Gasteiger partial charge in [-0.15, -0.1) is 0 Å². The van der Waals surface area contributed by atoms with E-state index in [0.717, 1.165) is 18.6 Å². The maximum absolute atomic E-state index is 12.1. The van der Waals surface area contributed by atoms with Crippen molar-refractivity contribution < 1.29 is 19.1 Å². The third-order valence-electron chi connectivity index (χ3n) is 3.94. The van der Waals surface area contributed by atoms with Crippen molar-refractivity contribution in [3.05, 3.63) is 59.7 Å². The molecule has 0 bridgehead atoms. The largest absolute Gasteiger partial charge is 0.497 e. The lowest BCUT2D eigenvalue weighted by Crippen LogP contribution is -2.28. The van der Waals surface area contributed by atoms with E-state index in [2.05, 4.69) is 17.6 Å². The molecule has 6 heteroatoms. The molecular weight excluding hydrogens is 344 g/mol. The topological polar surface area (TPSA) is 76.7 Å². The van der Waals surface area contributed by atoms with E-state index in [1.54, 1.807) is 31.4 Å². The molecule has 0 radical (unpaired) electrons. The van der Waals surface area contributed by atoms with Crippen molar-refractivity contribution >= 4 is 11.8 Å². The molecule has 2 aromatic rings. The minimum absolute atomic E-state index is 0.122. The highest BCUT2D eigenvalue weighted by molar-refractivity contribution is 5.97. The van der Waals surface area contributed by atoms with Crippen LogP contribution in [0.25, 0.3) is 0 Å². The van der Waals surface area contributed by atoms with Crippen LogP contribution in [0.4, 0.5) is 0 Å². The minimum Gasteiger partial charge on any atom is -0.497 e. The molecule has 27 heavy (non-hydrogen) atoms. The number of ether oxygens (including phenoxy) is 2. The number of methoxy groups -OCH3 is 1. The molecule has 0 atom stereocenters. The van der Waals surface area contributed by atoms with Crippen LogP contribution in [-0.4, -0.2) is 38.6 Å². The van der Waals surface area contributed by atoms with Crippen molar-refractivity contribution in [2.45, 2.75) is 19.8 Å². The van der Waals surface area contributed by atoms with Gasteiger partial charge in [0.15, 0.2) is 0 Å². The molecule has 0 saturated carbocycles. The molecule has 0 saturated heterocycles. The highest BCUT2D eigenvalue weighted by Crippen LogP contribution is 2.16. The maximum Gasteiger partial charge on any atom is 0.251 e. The number of hydrogen-bond donors (Lipinski definition) is 2. The van der Waals surface area contributed by atoms with Gasteiger partial charge in [0, 0.05) is 17.7 Å². The summed E-state index contributed by atoms with van der Waals surface area (Å²) in [5.74, 6) is 1.15. The van der Waals surface area contributed by atoms with E-state index in [9.17, 15) is 9.59 Å². The molecule has 0 spiro atoms.